The van der Waals surface area contributed by atoms with Crippen LogP contribution in [-0.4, -0.2) is 61.2 Å². The van der Waals surface area contributed by atoms with Crippen LogP contribution in [-0.2, 0) is 16.4 Å². The summed E-state index contributed by atoms with van der Waals surface area (Å²) in [5.41, 5.74) is 3.40. The summed E-state index contributed by atoms with van der Waals surface area (Å²) in [6.07, 6.45) is 3.82. The van der Waals surface area contributed by atoms with Crippen molar-refractivity contribution in [2.24, 2.45) is 0 Å². The molecule has 0 bridgehead atoms. The maximum Gasteiger partial charge on any atom is 0.320 e. The number of amides is 2. The molecule has 2 aromatic carbocycles. The van der Waals surface area contributed by atoms with Gasteiger partial charge in [0.1, 0.15) is 0 Å². The Hall–Kier alpha value is -2.38. The number of carbonyl (C=O) groups excluding carboxylic acids is 1. The largest absolute Gasteiger partial charge is 0.325 e. The molecule has 6 nitrogen and oxygen atoms in total. The van der Waals surface area contributed by atoms with E-state index in [4.69, 9.17) is 0 Å². The third kappa shape index (κ3) is 4.34. The second-order valence-corrected chi connectivity index (χ2v) is 10.9. The number of likely N-dealkylation sites (tertiary alicyclic amines) is 2. The third-order valence-corrected chi connectivity index (χ3v) is 8.66. The van der Waals surface area contributed by atoms with Gasteiger partial charge >= 0.3 is 6.03 Å². The highest BCUT2D eigenvalue weighted by molar-refractivity contribution is 7.90. The van der Waals surface area contributed by atoms with Gasteiger partial charge in [0, 0.05) is 25.7 Å². The Bertz CT molecular complexity index is 1050. The zero-order chi connectivity index (χ0) is 21.4. The van der Waals surface area contributed by atoms with Gasteiger partial charge in [-0.2, -0.15) is 0 Å². The summed E-state index contributed by atoms with van der Waals surface area (Å²) in [5.74, 6) is 0. The van der Waals surface area contributed by atoms with Crippen LogP contribution in [0.1, 0.15) is 31.2 Å². The van der Waals surface area contributed by atoms with Crippen molar-refractivity contribution in [1.29, 1.82) is 0 Å². The van der Waals surface area contributed by atoms with Crippen LogP contribution in [0.5, 0.6) is 0 Å². The molecule has 2 heterocycles. The minimum Gasteiger partial charge on any atom is -0.325 e. The van der Waals surface area contributed by atoms with Gasteiger partial charge in [-0.1, -0.05) is 54.6 Å². The molecule has 0 unspecified atom stereocenters. The van der Waals surface area contributed by atoms with Crippen LogP contribution in [0.3, 0.4) is 0 Å². The molecule has 3 aliphatic rings. The number of carbonyl (C=O) groups is 1. The zero-order valence-corrected chi connectivity index (χ0v) is 18.4. The highest BCUT2D eigenvalue weighted by atomic mass is 32.2. The van der Waals surface area contributed by atoms with Gasteiger partial charge < -0.3 is 9.80 Å². The molecule has 5 rings (SSSR count). The molecule has 2 aromatic rings. The van der Waals surface area contributed by atoms with Crippen LogP contribution >= 0.6 is 0 Å². The number of nitrogens with one attached hydrogen (secondary N) is 1. The number of hydrogen-bond acceptors (Lipinski definition) is 3. The minimum absolute atomic E-state index is 0.0450. The standard InChI is InChI=1S/C24H29N3O3S/c28-24(26-13-5-14-26)27-15-12-22(25-31(29,30)21-10-11-21)23(27)17-18-6-4-9-20(16-18)19-7-2-1-3-8-19/h1-4,6-9,16,21-23,25H,5,10-15,17H2/t22-,23-/m0/s1. The molecule has 1 N–H and O–H groups in total. The number of nitrogens with zero attached hydrogens (tertiary/aromatic N) is 2. The minimum atomic E-state index is -3.31. The van der Waals surface area contributed by atoms with E-state index in [9.17, 15) is 13.2 Å². The Labute approximate surface area is 184 Å². The van der Waals surface area contributed by atoms with E-state index in [1.807, 2.05) is 34.1 Å². The van der Waals surface area contributed by atoms with Crippen LogP contribution in [0.25, 0.3) is 11.1 Å². The molecule has 1 aliphatic carbocycles. The quantitative estimate of drug-likeness (QED) is 0.751. The summed E-state index contributed by atoms with van der Waals surface area (Å²) >= 11 is 0. The number of urea groups is 1. The van der Waals surface area contributed by atoms with Crippen molar-refractivity contribution in [3.05, 3.63) is 60.2 Å². The fourth-order valence-electron chi connectivity index (χ4n) is 4.61. The van der Waals surface area contributed by atoms with Gasteiger partial charge in [0.25, 0.3) is 0 Å². The van der Waals surface area contributed by atoms with Crippen LogP contribution in [0.15, 0.2) is 54.6 Å². The molecule has 1 saturated carbocycles. The Morgan fingerprint density at radius 3 is 2.35 bits per heavy atom. The molecule has 2 saturated heterocycles. The lowest BCUT2D eigenvalue weighted by Gasteiger charge is -2.38. The molecule has 164 valence electrons. The van der Waals surface area contributed by atoms with Crippen molar-refractivity contribution in [3.8, 4) is 11.1 Å². The molecule has 7 heteroatoms. The summed E-state index contributed by atoms with van der Waals surface area (Å²) in [6.45, 7) is 2.18. The fraction of sp³-hybridized carbons (Fsp3) is 0.458. The SMILES string of the molecule is O=C(N1CCC1)N1CC[C@H](NS(=O)(=O)C2CC2)[C@@H]1Cc1cccc(-c2ccccc2)c1. The van der Waals surface area contributed by atoms with Crippen molar-refractivity contribution < 1.29 is 13.2 Å². The summed E-state index contributed by atoms with van der Waals surface area (Å²) in [5, 5.41) is -0.255. The van der Waals surface area contributed by atoms with Crippen LogP contribution in [0, 0.1) is 0 Å². The molecular weight excluding hydrogens is 410 g/mol. The topological polar surface area (TPSA) is 69.7 Å². The van der Waals surface area contributed by atoms with Gasteiger partial charge in [0.2, 0.25) is 10.0 Å². The van der Waals surface area contributed by atoms with Gasteiger partial charge in [-0.05, 0) is 48.8 Å². The van der Waals surface area contributed by atoms with E-state index in [1.54, 1.807) is 0 Å². The molecule has 3 fully saturated rings. The van der Waals surface area contributed by atoms with E-state index < -0.39 is 10.0 Å². The van der Waals surface area contributed by atoms with Crippen molar-refractivity contribution >= 4 is 16.1 Å². The van der Waals surface area contributed by atoms with E-state index in [-0.39, 0.29) is 23.4 Å². The Balaban J connectivity index is 1.39. The van der Waals surface area contributed by atoms with Gasteiger partial charge in [0.15, 0.2) is 0 Å². The first-order valence-corrected chi connectivity index (χ1v) is 12.8. The van der Waals surface area contributed by atoms with Gasteiger partial charge in [-0.25, -0.2) is 17.9 Å². The second-order valence-electron chi connectivity index (χ2n) is 8.91. The lowest BCUT2D eigenvalue weighted by molar-refractivity contribution is 0.120. The number of sulfonamides is 1. The molecule has 2 atom stereocenters. The Kier molecular flexibility index (Phi) is 5.48. The summed E-state index contributed by atoms with van der Waals surface area (Å²) in [6, 6.07) is 18.2. The summed E-state index contributed by atoms with van der Waals surface area (Å²) < 4.78 is 28.2. The highest BCUT2D eigenvalue weighted by Crippen LogP contribution is 2.31. The van der Waals surface area contributed by atoms with E-state index in [1.165, 1.54) is 0 Å². The lowest BCUT2D eigenvalue weighted by atomic mass is 9.97. The third-order valence-electron chi connectivity index (χ3n) is 6.68. The van der Waals surface area contributed by atoms with E-state index in [0.717, 1.165) is 49.0 Å². The maximum absolute atomic E-state index is 13.0. The molecule has 0 aromatic heterocycles. The molecular formula is C24H29N3O3S. The molecule has 0 spiro atoms. The first-order valence-electron chi connectivity index (χ1n) is 11.2. The van der Waals surface area contributed by atoms with Crippen molar-refractivity contribution in [2.75, 3.05) is 19.6 Å². The first-order chi connectivity index (χ1) is 15.0. The average molecular weight is 440 g/mol. The maximum atomic E-state index is 13.0. The van der Waals surface area contributed by atoms with Crippen LogP contribution < -0.4 is 4.72 Å². The van der Waals surface area contributed by atoms with Crippen molar-refractivity contribution in [3.63, 3.8) is 0 Å². The van der Waals surface area contributed by atoms with Gasteiger partial charge in [-0.3, -0.25) is 0 Å². The van der Waals surface area contributed by atoms with Crippen LogP contribution in [0.4, 0.5) is 4.79 Å². The molecule has 0 radical (unpaired) electrons. The van der Waals surface area contributed by atoms with Gasteiger partial charge in [0.05, 0.1) is 11.3 Å². The number of rotatable bonds is 6. The molecule has 2 amide bonds. The molecule has 31 heavy (non-hydrogen) atoms. The van der Waals surface area contributed by atoms with Gasteiger partial charge in [-0.15, -0.1) is 0 Å². The summed E-state index contributed by atoms with van der Waals surface area (Å²) in [4.78, 5) is 16.8. The summed E-state index contributed by atoms with van der Waals surface area (Å²) in [7, 11) is -3.31. The van der Waals surface area contributed by atoms with E-state index in [2.05, 4.69) is 35.1 Å². The normalized spacial score (nSPS) is 23.6. The number of hydrogen-bond donors (Lipinski definition) is 1. The predicted molar refractivity (Wildman–Crippen MR) is 121 cm³/mol. The lowest BCUT2D eigenvalue weighted by Crippen LogP contribution is -2.54. The monoisotopic (exact) mass is 439 g/mol. The smallest absolute Gasteiger partial charge is 0.320 e. The average Bonchev–Trinajstić information content (AvgIpc) is 3.53. The highest BCUT2D eigenvalue weighted by Gasteiger charge is 2.44. The van der Waals surface area contributed by atoms with Crippen molar-refractivity contribution in [1.82, 2.24) is 14.5 Å². The van der Waals surface area contributed by atoms with Crippen molar-refractivity contribution in [2.45, 2.75) is 49.4 Å². The second kappa shape index (κ2) is 8.28. The van der Waals surface area contributed by atoms with Crippen LogP contribution in [0.2, 0.25) is 0 Å². The number of benzene rings is 2. The fourth-order valence-corrected chi connectivity index (χ4v) is 6.25. The zero-order valence-electron chi connectivity index (χ0n) is 17.6. The first kappa shape index (κ1) is 20.5. The molecule has 2 aliphatic heterocycles. The van der Waals surface area contributed by atoms with E-state index >= 15 is 0 Å². The van der Waals surface area contributed by atoms with E-state index in [0.29, 0.717) is 19.4 Å². The predicted octanol–water partition coefficient (Wildman–Crippen LogP) is 3.25. The Morgan fingerprint density at radius 2 is 1.68 bits per heavy atom. The Morgan fingerprint density at radius 1 is 0.935 bits per heavy atom.